The van der Waals surface area contributed by atoms with Crippen molar-refractivity contribution in [1.82, 2.24) is 24.7 Å². The van der Waals surface area contributed by atoms with E-state index in [1.165, 1.54) is 11.1 Å². The molecular weight excluding hydrogens is 402 g/mol. The van der Waals surface area contributed by atoms with Crippen LogP contribution in [0.4, 0.5) is 0 Å². The van der Waals surface area contributed by atoms with E-state index in [2.05, 4.69) is 49.8 Å². The summed E-state index contributed by atoms with van der Waals surface area (Å²) in [7, 11) is 0. The number of piperazine rings is 1. The van der Waals surface area contributed by atoms with Gasteiger partial charge < -0.3 is 9.64 Å². The number of nitrogens with zero attached hydrogens (tertiary/aromatic N) is 5. The largest absolute Gasteiger partial charge is 0.381 e. The maximum absolute atomic E-state index is 13.1. The number of carbonyl (C=O) groups is 1. The molecule has 0 saturated carbocycles. The molecule has 3 aliphatic rings. The Morgan fingerprint density at radius 2 is 1.88 bits per heavy atom. The maximum atomic E-state index is 13.1. The van der Waals surface area contributed by atoms with E-state index in [9.17, 15) is 4.79 Å². The molecule has 7 heteroatoms. The molecule has 32 heavy (non-hydrogen) atoms. The normalized spacial score (nSPS) is 23.2. The standard InChI is InChI=1S/C25H33N5O2/c1-19-15-29(8-9-30(19)24-5-10-32-11-6-24)25(31)17-28-7-4-21-12-20(2-3-22(21)16-28)23-13-26-18-27-14-23/h2-3,12-14,18-19,24H,4-11,15-17H2,1H3/t19-/m0/s1. The summed E-state index contributed by atoms with van der Waals surface area (Å²) >= 11 is 0. The summed E-state index contributed by atoms with van der Waals surface area (Å²) in [5, 5.41) is 0. The Morgan fingerprint density at radius 1 is 1.06 bits per heavy atom. The van der Waals surface area contributed by atoms with Gasteiger partial charge in [0, 0.05) is 76.0 Å². The molecule has 2 saturated heterocycles. The molecule has 5 rings (SSSR count). The fourth-order valence-corrected chi connectivity index (χ4v) is 5.42. The zero-order chi connectivity index (χ0) is 21.9. The number of hydrogen-bond acceptors (Lipinski definition) is 6. The molecule has 1 aromatic heterocycles. The van der Waals surface area contributed by atoms with Crippen LogP contribution in [-0.2, 0) is 22.5 Å². The molecule has 4 heterocycles. The monoisotopic (exact) mass is 435 g/mol. The molecule has 1 atom stereocenters. The second-order valence-corrected chi connectivity index (χ2v) is 9.34. The first-order valence-corrected chi connectivity index (χ1v) is 11.9. The Balaban J connectivity index is 1.16. The fraction of sp³-hybridized carbons (Fsp3) is 0.560. The van der Waals surface area contributed by atoms with Gasteiger partial charge >= 0.3 is 0 Å². The molecule has 0 spiro atoms. The highest BCUT2D eigenvalue weighted by molar-refractivity contribution is 5.78. The summed E-state index contributed by atoms with van der Waals surface area (Å²) in [6.45, 7) is 8.93. The van der Waals surface area contributed by atoms with Crippen molar-refractivity contribution in [3.63, 3.8) is 0 Å². The summed E-state index contributed by atoms with van der Waals surface area (Å²) in [6, 6.07) is 7.62. The lowest BCUT2D eigenvalue weighted by atomic mass is 9.95. The highest BCUT2D eigenvalue weighted by atomic mass is 16.5. The van der Waals surface area contributed by atoms with Crippen molar-refractivity contribution in [2.75, 3.05) is 45.9 Å². The summed E-state index contributed by atoms with van der Waals surface area (Å²) in [4.78, 5) is 28.3. The molecule has 3 aliphatic heterocycles. The van der Waals surface area contributed by atoms with Crippen molar-refractivity contribution >= 4 is 5.91 Å². The Kier molecular flexibility index (Phi) is 6.48. The number of benzene rings is 1. The highest BCUT2D eigenvalue weighted by Gasteiger charge is 2.32. The van der Waals surface area contributed by atoms with Crippen molar-refractivity contribution in [2.24, 2.45) is 0 Å². The first kappa shape index (κ1) is 21.5. The van der Waals surface area contributed by atoms with Crippen molar-refractivity contribution in [2.45, 2.75) is 44.8 Å². The van der Waals surface area contributed by atoms with Gasteiger partial charge in [-0.1, -0.05) is 18.2 Å². The fourth-order valence-electron chi connectivity index (χ4n) is 5.42. The molecule has 2 fully saturated rings. The van der Waals surface area contributed by atoms with Gasteiger partial charge in [-0.15, -0.1) is 0 Å². The Bertz CT molecular complexity index is 931. The minimum absolute atomic E-state index is 0.269. The van der Waals surface area contributed by atoms with E-state index in [1.807, 2.05) is 12.4 Å². The van der Waals surface area contributed by atoms with Crippen molar-refractivity contribution in [3.05, 3.63) is 48.0 Å². The van der Waals surface area contributed by atoms with Crippen LogP contribution in [0, 0.1) is 0 Å². The van der Waals surface area contributed by atoms with Crippen LogP contribution in [0.1, 0.15) is 30.9 Å². The predicted molar refractivity (Wildman–Crippen MR) is 123 cm³/mol. The van der Waals surface area contributed by atoms with E-state index in [1.54, 1.807) is 6.33 Å². The van der Waals surface area contributed by atoms with Gasteiger partial charge in [0.2, 0.25) is 5.91 Å². The van der Waals surface area contributed by atoms with Crippen molar-refractivity contribution in [1.29, 1.82) is 0 Å². The van der Waals surface area contributed by atoms with E-state index in [0.717, 1.165) is 76.3 Å². The number of rotatable bonds is 4. The lowest BCUT2D eigenvalue weighted by Crippen LogP contribution is -2.58. The van der Waals surface area contributed by atoms with Gasteiger partial charge in [-0.25, -0.2) is 9.97 Å². The molecular formula is C25H33N5O2. The van der Waals surface area contributed by atoms with Crippen LogP contribution in [0.15, 0.2) is 36.9 Å². The molecule has 1 amide bonds. The molecule has 0 unspecified atom stereocenters. The lowest BCUT2D eigenvalue weighted by molar-refractivity contribution is -0.136. The van der Waals surface area contributed by atoms with Crippen LogP contribution < -0.4 is 0 Å². The molecule has 1 aromatic carbocycles. The smallest absolute Gasteiger partial charge is 0.236 e. The summed E-state index contributed by atoms with van der Waals surface area (Å²) in [5.74, 6) is 0.269. The quantitative estimate of drug-likeness (QED) is 0.734. The third-order valence-corrected chi connectivity index (χ3v) is 7.24. The summed E-state index contributed by atoms with van der Waals surface area (Å²) in [5.41, 5.74) is 4.89. The number of fused-ring (bicyclic) bond motifs is 1. The van der Waals surface area contributed by atoms with Gasteiger partial charge in [-0.2, -0.15) is 0 Å². The SMILES string of the molecule is C[C@H]1CN(C(=O)CN2CCc3cc(-c4cncnc4)ccc3C2)CCN1C1CCOCC1. The second kappa shape index (κ2) is 9.65. The van der Waals surface area contributed by atoms with E-state index >= 15 is 0 Å². The summed E-state index contributed by atoms with van der Waals surface area (Å²) < 4.78 is 5.52. The van der Waals surface area contributed by atoms with E-state index in [4.69, 9.17) is 4.74 Å². The molecule has 0 radical (unpaired) electrons. The van der Waals surface area contributed by atoms with Crippen molar-refractivity contribution < 1.29 is 9.53 Å². The Hall–Kier alpha value is -2.35. The van der Waals surface area contributed by atoms with E-state index in [-0.39, 0.29) is 5.91 Å². The number of aromatic nitrogens is 2. The van der Waals surface area contributed by atoms with Crippen LogP contribution in [0.2, 0.25) is 0 Å². The molecule has 0 N–H and O–H groups in total. The predicted octanol–water partition coefficient (Wildman–Crippen LogP) is 2.21. The highest BCUT2D eigenvalue weighted by Crippen LogP contribution is 2.26. The van der Waals surface area contributed by atoms with Gasteiger partial charge in [-0.05, 0) is 42.9 Å². The average Bonchev–Trinajstić information content (AvgIpc) is 2.84. The van der Waals surface area contributed by atoms with E-state index < -0.39 is 0 Å². The Labute approximate surface area is 190 Å². The number of hydrogen-bond donors (Lipinski definition) is 0. The Morgan fingerprint density at radius 3 is 2.66 bits per heavy atom. The van der Waals surface area contributed by atoms with Crippen LogP contribution in [0.25, 0.3) is 11.1 Å². The topological polar surface area (TPSA) is 61.8 Å². The molecule has 0 aliphatic carbocycles. The molecule has 170 valence electrons. The van der Waals surface area contributed by atoms with E-state index in [0.29, 0.717) is 18.6 Å². The van der Waals surface area contributed by atoms with Crippen LogP contribution >= 0.6 is 0 Å². The zero-order valence-electron chi connectivity index (χ0n) is 18.9. The van der Waals surface area contributed by atoms with Gasteiger partial charge in [0.15, 0.2) is 0 Å². The molecule has 7 nitrogen and oxygen atoms in total. The van der Waals surface area contributed by atoms with Gasteiger partial charge in [0.1, 0.15) is 6.33 Å². The third kappa shape index (κ3) is 4.70. The van der Waals surface area contributed by atoms with Gasteiger partial charge in [0.25, 0.3) is 0 Å². The average molecular weight is 436 g/mol. The van der Waals surface area contributed by atoms with Gasteiger partial charge in [0.05, 0.1) is 6.54 Å². The first-order chi connectivity index (χ1) is 15.7. The van der Waals surface area contributed by atoms with Gasteiger partial charge in [-0.3, -0.25) is 14.6 Å². The van der Waals surface area contributed by atoms with Crippen LogP contribution in [0.5, 0.6) is 0 Å². The minimum atomic E-state index is 0.269. The summed E-state index contributed by atoms with van der Waals surface area (Å²) in [6.07, 6.45) is 8.46. The minimum Gasteiger partial charge on any atom is -0.381 e. The maximum Gasteiger partial charge on any atom is 0.236 e. The van der Waals surface area contributed by atoms with Crippen LogP contribution in [0.3, 0.4) is 0 Å². The number of carbonyl (C=O) groups excluding carboxylic acids is 1. The van der Waals surface area contributed by atoms with Crippen LogP contribution in [-0.4, -0.2) is 88.6 Å². The zero-order valence-corrected chi connectivity index (χ0v) is 18.9. The lowest BCUT2D eigenvalue weighted by Gasteiger charge is -2.45. The second-order valence-electron chi connectivity index (χ2n) is 9.34. The first-order valence-electron chi connectivity index (χ1n) is 11.9. The number of amides is 1. The molecule has 0 bridgehead atoms. The molecule has 2 aromatic rings. The number of ether oxygens (including phenoxy) is 1. The third-order valence-electron chi connectivity index (χ3n) is 7.24. The van der Waals surface area contributed by atoms with Crippen molar-refractivity contribution in [3.8, 4) is 11.1 Å².